The monoisotopic (exact) mass is 256 g/mol. The van der Waals surface area contributed by atoms with Crippen LogP contribution in [0.3, 0.4) is 0 Å². The molecule has 1 atom stereocenters. The Balaban J connectivity index is 2.36. The molecule has 0 heterocycles. The van der Waals surface area contributed by atoms with Crippen LogP contribution in [-0.4, -0.2) is 18.8 Å². The lowest BCUT2D eigenvalue weighted by Gasteiger charge is -2.29. The summed E-state index contributed by atoms with van der Waals surface area (Å²) in [5.41, 5.74) is 1.92. The molecule has 0 spiro atoms. The second-order valence-corrected chi connectivity index (χ2v) is 5.08. The van der Waals surface area contributed by atoms with Crippen molar-refractivity contribution in [2.24, 2.45) is 0 Å². The van der Waals surface area contributed by atoms with Gasteiger partial charge in [0.05, 0.1) is 13.7 Å². The molecule has 1 unspecified atom stereocenters. The Morgan fingerprint density at radius 1 is 1.00 bits per heavy atom. The van der Waals surface area contributed by atoms with Crippen molar-refractivity contribution in [3.05, 3.63) is 65.7 Å². The quantitative estimate of drug-likeness (QED) is 0.890. The number of benzene rings is 2. The molecule has 0 bridgehead atoms. The van der Waals surface area contributed by atoms with Crippen LogP contribution in [0.2, 0.25) is 0 Å². The molecule has 0 saturated heterocycles. The van der Waals surface area contributed by atoms with Crippen LogP contribution in [0.5, 0.6) is 5.75 Å². The van der Waals surface area contributed by atoms with E-state index in [9.17, 15) is 5.11 Å². The van der Waals surface area contributed by atoms with Crippen LogP contribution < -0.4 is 4.74 Å². The Morgan fingerprint density at radius 3 is 2.26 bits per heavy atom. The first kappa shape index (κ1) is 13.6. The highest BCUT2D eigenvalue weighted by atomic mass is 16.5. The Labute approximate surface area is 114 Å². The molecule has 0 aliphatic rings. The second-order valence-electron chi connectivity index (χ2n) is 5.08. The van der Waals surface area contributed by atoms with Crippen LogP contribution >= 0.6 is 0 Å². The van der Waals surface area contributed by atoms with Gasteiger partial charge in [-0.2, -0.15) is 0 Å². The topological polar surface area (TPSA) is 29.5 Å². The smallest absolute Gasteiger partial charge is 0.122 e. The van der Waals surface area contributed by atoms with E-state index in [1.807, 2.05) is 42.5 Å². The van der Waals surface area contributed by atoms with Crippen LogP contribution in [0.15, 0.2) is 54.6 Å². The standard InChI is InChI=1S/C17H20O2/c1-17(13-18,12-14-8-4-3-5-9-14)15-10-6-7-11-16(15)19-2/h3-11,18H,12-13H2,1-2H3. The summed E-state index contributed by atoms with van der Waals surface area (Å²) in [6.07, 6.45) is 0.782. The number of methoxy groups -OCH3 is 1. The fourth-order valence-corrected chi connectivity index (χ4v) is 2.43. The number of hydrogen-bond acceptors (Lipinski definition) is 2. The summed E-state index contributed by atoms with van der Waals surface area (Å²) < 4.78 is 5.42. The van der Waals surface area contributed by atoms with Crippen LogP contribution in [0, 0.1) is 0 Å². The highest BCUT2D eigenvalue weighted by molar-refractivity contribution is 5.40. The van der Waals surface area contributed by atoms with E-state index < -0.39 is 0 Å². The molecule has 0 fully saturated rings. The lowest BCUT2D eigenvalue weighted by Crippen LogP contribution is -2.30. The van der Waals surface area contributed by atoms with E-state index in [0.29, 0.717) is 0 Å². The van der Waals surface area contributed by atoms with E-state index in [0.717, 1.165) is 17.7 Å². The lowest BCUT2D eigenvalue weighted by atomic mass is 9.77. The van der Waals surface area contributed by atoms with Gasteiger partial charge in [0.1, 0.15) is 5.75 Å². The Kier molecular flexibility index (Phi) is 4.23. The second kappa shape index (κ2) is 5.89. The molecular formula is C17H20O2. The van der Waals surface area contributed by atoms with Gasteiger partial charge in [0.15, 0.2) is 0 Å². The zero-order valence-electron chi connectivity index (χ0n) is 11.5. The van der Waals surface area contributed by atoms with Gasteiger partial charge in [-0.15, -0.1) is 0 Å². The molecular weight excluding hydrogens is 236 g/mol. The molecule has 2 aromatic carbocycles. The minimum Gasteiger partial charge on any atom is -0.496 e. The van der Waals surface area contributed by atoms with E-state index in [2.05, 4.69) is 19.1 Å². The number of rotatable bonds is 5. The minimum atomic E-state index is -0.339. The molecule has 0 aliphatic heterocycles. The van der Waals surface area contributed by atoms with Crippen molar-refractivity contribution in [2.45, 2.75) is 18.8 Å². The van der Waals surface area contributed by atoms with Crippen molar-refractivity contribution in [2.75, 3.05) is 13.7 Å². The molecule has 1 N–H and O–H groups in total. The molecule has 0 amide bonds. The maximum atomic E-state index is 9.86. The summed E-state index contributed by atoms with van der Waals surface area (Å²) in [6, 6.07) is 18.1. The summed E-state index contributed by atoms with van der Waals surface area (Å²) in [7, 11) is 1.67. The van der Waals surface area contributed by atoms with Crippen LogP contribution in [0.1, 0.15) is 18.1 Å². The Morgan fingerprint density at radius 2 is 1.63 bits per heavy atom. The Bertz CT molecular complexity index is 522. The summed E-state index contributed by atoms with van der Waals surface area (Å²) >= 11 is 0. The van der Waals surface area contributed by atoms with E-state index in [1.54, 1.807) is 7.11 Å². The third kappa shape index (κ3) is 2.96. The first-order valence-corrected chi connectivity index (χ1v) is 6.48. The van der Waals surface area contributed by atoms with Crippen molar-refractivity contribution in [3.63, 3.8) is 0 Å². The average molecular weight is 256 g/mol. The number of ether oxygens (including phenoxy) is 1. The van der Waals surface area contributed by atoms with Gasteiger partial charge in [0.2, 0.25) is 0 Å². The molecule has 0 saturated carbocycles. The Hall–Kier alpha value is -1.80. The molecule has 2 nitrogen and oxygen atoms in total. The van der Waals surface area contributed by atoms with Gasteiger partial charge in [0.25, 0.3) is 0 Å². The van der Waals surface area contributed by atoms with E-state index in [4.69, 9.17) is 4.74 Å². The van der Waals surface area contributed by atoms with E-state index in [1.165, 1.54) is 5.56 Å². The van der Waals surface area contributed by atoms with E-state index in [-0.39, 0.29) is 12.0 Å². The van der Waals surface area contributed by atoms with Gasteiger partial charge in [-0.05, 0) is 18.1 Å². The highest BCUT2D eigenvalue weighted by Gasteiger charge is 2.29. The zero-order valence-corrected chi connectivity index (χ0v) is 11.5. The fraction of sp³-hybridized carbons (Fsp3) is 0.294. The van der Waals surface area contributed by atoms with Gasteiger partial charge in [-0.3, -0.25) is 0 Å². The van der Waals surface area contributed by atoms with Gasteiger partial charge < -0.3 is 9.84 Å². The average Bonchev–Trinajstić information content (AvgIpc) is 2.48. The molecule has 2 rings (SSSR count). The zero-order chi connectivity index (χ0) is 13.7. The van der Waals surface area contributed by atoms with E-state index >= 15 is 0 Å². The normalized spacial score (nSPS) is 13.8. The molecule has 2 aromatic rings. The summed E-state index contributed by atoms with van der Waals surface area (Å²) in [5.74, 6) is 0.829. The van der Waals surface area contributed by atoms with Gasteiger partial charge in [-0.1, -0.05) is 55.5 Å². The van der Waals surface area contributed by atoms with Crippen molar-refractivity contribution in [3.8, 4) is 5.75 Å². The molecule has 0 aromatic heterocycles. The van der Waals surface area contributed by atoms with Crippen molar-refractivity contribution in [1.82, 2.24) is 0 Å². The van der Waals surface area contributed by atoms with Gasteiger partial charge >= 0.3 is 0 Å². The van der Waals surface area contributed by atoms with Crippen molar-refractivity contribution >= 4 is 0 Å². The summed E-state index contributed by atoms with van der Waals surface area (Å²) in [5, 5.41) is 9.86. The fourth-order valence-electron chi connectivity index (χ4n) is 2.43. The largest absolute Gasteiger partial charge is 0.496 e. The van der Waals surface area contributed by atoms with Gasteiger partial charge in [0, 0.05) is 11.0 Å². The third-order valence-corrected chi connectivity index (χ3v) is 3.54. The first-order valence-electron chi connectivity index (χ1n) is 6.48. The van der Waals surface area contributed by atoms with Gasteiger partial charge in [-0.25, -0.2) is 0 Å². The maximum Gasteiger partial charge on any atom is 0.122 e. The van der Waals surface area contributed by atoms with Crippen LogP contribution in [0.4, 0.5) is 0 Å². The predicted molar refractivity (Wildman–Crippen MR) is 77.6 cm³/mol. The van der Waals surface area contributed by atoms with Crippen LogP contribution in [0.25, 0.3) is 0 Å². The van der Waals surface area contributed by atoms with Crippen molar-refractivity contribution in [1.29, 1.82) is 0 Å². The molecule has 0 aliphatic carbocycles. The predicted octanol–water partition coefficient (Wildman–Crippen LogP) is 3.19. The number of hydrogen-bond donors (Lipinski definition) is 1. The van der Waals surface area contributed by atoms with Crippen LogP contribution in [-0.2, 0) is 11.8 Å². The number of aliphatic hydroxyl groups excluding tert-OH is 1. The molecule has 19 heavy (non-hydrogen) atoms. The SMILES string of the molecule is COc1ccccc1C(C)(CO)Cc1ccccc1. The number of para-hydroxylation sites is 1. The molecule has 0 radical (unpaired) electrons. The highest BCUT2D eigenvalue weighted by Crippen LogP contribution is 2.34. The van der Waals surface area contributed by atoms with Crippen molar-refractivity contribution < 1.29 is 9.84 Å². The maximum absolute atomic E-state index is 9.86. The molecule has 100 valence electrons. The third-order valence-electron chi connectivity index (χ3n) is 3.54. The summed E-state index contributed by atoms with van der Waals surface area (Å²) in [6.45, 7) is 2.15. The lowest BCUT2D eigenvalue weighted by molar-refractivity contribution is 0.201. The summed E-state index contributed by atoms with van der Waals surface area (Å²) in [4.78, 5) is 0. The molecule has 2 heteroatoms. The minimum absolute atomic E-state index is 0.0856. The first-order chi connectivity index (χ1) is 9.19. The number of aliphatic hydroxyl groups is 1.